The molecule has 0 saturated heterocycles. The van der Waals surface area contributed by atoms with Gasteiger partial charge in [-0.2, -0.15) is 13.2 Å². The van der Waals surface area contributed by atoms with Gasteiger partial charge in [-0.15, -0.1) is 0 Å². The first-order valence-corrected chi connectivity index (χ1v) is 5.78. The second-order valence-corrected chi connectivity index (χ2v) is 4.37. The second-order valence-electron chi connectivity index (χ2n) is 3.21. The molecule has 0 bridgehead atoms. The zero-order valence-electron chi connectivity index (χ0n) is 8.22. The maximum absolute atomic E-state index is 11.7. The van der Waals surface area contributed by atoms with E-state index in [1.165, 1.54) is 0 Å². The molecule has 15 heavy (non-hydrogen) atoms. The normalized spacial score (nSPS) is 21.4. The van der Waals surface area contributed by atoms with E-state index in [0.717, 1.165) is 12.8 Å². The Bertz CT molecular complexity index is 208. The lowest BCUT2D eigenvalue weighted by molar-refractivity contribution is -0.0327. The van der Waals surface area contributed by atoms with Crippen LogP contribution in [0, 0.1) is 0 Å². The summed E-state index contributed by atoms with van der Waals surface area (Å²) in [6.45, 7) is 0.969. The van der Waals surface area contributed by atoms with Gasteiger partial charge in [0.15, 0.2) is 0 Å². The third kappa shape index (κ3) is 6.67. The maximum Gasteiger partial charge on any atom is 0.441 e. The van der Waals surface area contributed by atoms with Gasteiger partial charge in [-0.05, 0) is 30.7 Å². The van der Waals surface area contributed by atoms with Crippen molar-refractivity contribution in [2.45, 2.75) is 24.5 Å². The lowest BCUT2D eigenvalue weighted by Crippen LogP contribution is -2.30. The van der Waals surface area contributed by atoms with Crippen LogP contribution in [0.25, 0.3) is 0 Å². The van der Waals surface area contributed by atoms with E-state index in [1.807, 2.05) is 6.08 Å². The third-order valence-corrected chi connectivity index (χ3v) is 2.67. The minimum absolute atomic E-state index is 0.00287. The van der Waals surface area contributed by atoms with Crippen LogP contribution < -0.4 is 5.32 Å². The number of allylic oxidation sites excluding steroid dienone is 1. The highest BCUT2D eigenvalue weighted by atomic mass is 32.2. The van der Waals surface area contributed by atoms with E-state index in [4.69, 9.17) is 4.74 Å². The summed E-state index contributed by atoms with van der Waals surface area (Å²) in [6, 6.07) is 0. The number of rotatable bonds is 5. The average Bonchev–Trinajstić information content (AvgIpc) is 2.17. The highest BCUT2D eigenvalue weighted by molar-refractivity contribution is 8.00. The molecule has 6 heteroatoms. The lowest BCUT2D eigenvalue weighted by Gasteiger charge is -2.19. The van der Waals surface area contributed by atoms with E-state index in [2.05, 4.69) is 5.32 Å². The van der Waals surface area contributed by atoms with Gasteiger partial charge in [0, 0.05) is 18.8 Å². The Balaban J connectivity index is 1.95. The smallest absolute Gasteiger partial charge is 0.441 e. The number of thioether (sulfide) groups is 1. The molecule has 1 unspecified atom stereocenters. The van der Waals surface area contributed by atoms with Gasteiger partial charge >= 0.3 is 5.51 Å². The average molecular weight is 241 g/mol. The topological polar surface area (TPSA) is 21.3 Å². The molecule has 0 spiro atoms. The molecule has 1 rings (SSSR count). The summed E-state index contributed by atoms with van der Waals surface area (Å²) in [5.41, 5.74) is -4.12. The van der Waals surface area contributed by atoms with Crippen LogP contribution in [0.1, 0.15) is 12.8 Å². The Morgan fingerprint density at radius 1 is 1.47 bits per heavy atom. The largest absolute Gasteiger partial charge is 0.497 e. The highest BCUT2D eigenvalue weighted by Gasteiger charge is 2.27. The number of alkyl halides is 3. The summed E-state index contributed by atoms with van der Waals surface area (Å²) >= 11 is 0.00287. The number of hydrogen-bond donors (Lipinski definition) is 1. The standard InChI is InChI=1S/C9H14F3NOS/c10-9(11,12)15-6-4-13-7-8-3-1-2-5-14-8/h2,5,8,13H,1,3-4,6-7H2. The van der Waals surface area contributed by atoms with Gasteiger partial charge in [0.25, 0.3) is 0 Å². The monoisotopic (exact) mass is 241 g/mol. The van der Waals surface area contributed by atoms with Gasteiger partial charge in [0.2, 0.25) is 0 Å². The van der Waals surface area contributed by atoms with Gasteiger partial charge < -0.3 is 10.1 Å². The van der Waals surface area contributed by atoms with Crippen LogP contribution in [0.2, 0.25) is 0 Å². The van der Waals surface area contributed by atoms with E-state index in [1.54, 1.807) is 6.26 Å². The molecule has 0 aromatic carbocycles. The van der Waals surface area contributed by atoms with Gasteiger partial charge in [0.05, 0.1) is 6.26 Å². The van der Waals surface area contributed by atoms with E-state index in [-0.39, 0.29) is 23.6 Å². The molecule has 0 saturated carbocycles. The number of ether oxygens (including phenoxy) is 1. The van der Waals surface area contributed by atoms with Crippen LogP contribution >= 0.6 is 11.8 Å². The van der Waals surface area contributed by atoms with Crippen molar-refractivity contribution < 1.29 is 17.9 Å². The Labute approximate surface area is 91.2 Å². The predicted octanol–water partition coefficient (Wildman–Crippen LogP) is 2.52. The van der Waals surface area contributed by atoms with E-state index in [9.17, 15) is 13.2 Å². The first kappa shape index (κ1) is 12.7. The molecule has 88 valence electrons. The molecular formula is C9H14F3NOS. The summed E-state index contributed by atoms with van der Waals surface area (Å²) < 4.78 is 40.5. The van der Waals surface area contributed by atoms with Gasteiger partial charge in [-0.1, -0.05) is 0 Å². The quantitative estimate of drug-likeness (QED) is 0.747. The Hall–Kier alpha value is -0.360. The molecule has 1 atom stereocenters. The molecule has 0 aromatic rings. The molecule has 1 heterocycles. The minimum atomic E-state index is -4.12. The van der Waals surface area contributed by atoms with Gasteiger partial charge in [0.1, 0.15) is 6.10 Å². The molecule has 0 amide bonds. The minimum Gasteiger partial charge on any atom is -0.497 e. The Kier molecular flexibility index (Phi) is 5.31. The lowest BCUT2D eigenvalue weighted by atomic mass is 10.1. The maximum atomic E-state index is 11.7. The molecule has 0 radical (unpaired) electrons. The number of hydrogen-bond acceptors (Lipinski definition) is 3. The van der Waals surface area contributed by atoms with E-state index >= 15 is 0 Å². The van der Waals surface area contributed by atoms with Crippen LogP contribution in [0.3, 0.4) is 0 Å². The van der Waals surface area contributed by atoms with Gasteiger partial charge in [-0.25, -0.2) is 0 Å². The van der Waals surface area contributed by atoms with Crippen molar-refractivity contribution in [3.8, 4) is 0 Å². The van der Waals surface area contributed by atoms with Crippen LogP contribution in [0.4, 0.5) is 13.2 Å². The molecular weight excluding hydrogens is 227 g/mol. The second kappa shape index (κ2) is 6.27. The van der Waals surface area contributed by atoms with Crippen LogP contribution in [-0.4, -0.2) is 30.5 Å². The van der Waals surface area contributed by atoms with Crippen molar-refractivity contribution in [1.29, 1.82) is 0 Å². The Morgan fingerprint density at radius 3 is 2.87 bits per heavy atom. The van der Waals surface area contributed by atoms with Crippen LogP contribution in [0.5, 0.6) is 0 Å². The van der Waals surface area contributed by atoms with Crippen LogP contribution in [-0.2, 0) is 4.74 Å². The fraction of sp³-hybridized carbons (Fsp3) is 0.778. The first-order valence-electron chi connectivity index (χ1n) is 4.80. The molecule has 2 nitrogen and oxygen atoms in total. The van der Waals surface area contributed by atoms with Crippen molar-refractivity contribution >= 4 is 11.8 Å². The number of halogens is 3. The summed E-state index contributed by atoms with van der Waals surface area (Å²) in [5.74, 6) is 0.0477. The molecule has 1 aliphatic heterocycles. The van der Waals surface area contributed by atoms with Crippen molar-refractivity contribution in [1.82, 2.24) is 5.32 Å². The fourth-order valence-electron chi connectivity index (χ4n) is 1.24. The van der Waals surface area contributed by atoms with Crippen LogP contribution in [0.15, 0.2) is 12.3 Å². The zero-order chi connectivity index (χ0) is 11.1. The SMILES string of the molecule is FC(F)(F)SCCNCC1CCC=CO1. The third-order valence-electron chi connectivity index (χ3n) is 1.94. The van der Waals surface area contributed by atoms with Crippen molar-refractivity contribution in [3.05, 3.63) is 12.3 Å². The van der Waals surface area contributed by atoms with E-state index in [0.29, 0.717) is 13.1 Å². The molecule has 0 aromatic heterocycles. The summed E-state index contributed by atoms with van der Waals surface area (Å²) in [7, 11) is 0. The summed E-state index contributed by atoms with van der Waals surface area (Å²) in [6.07, 6.45) is 5.60. The molecule has 1 aliphatic rings. The van der Waals surface area contributed by atoms with E-state index < -0.39 is 5.51 Å². The summed E-state index contributed by atoms with van der Waals surface area (Å²) in [4.78, 5) is 0. The summed E-state index contributed by atoms with van der Waals surface area (Å²) in [5, 5.41) is 2.95. The molecule has 1 N–H and O–H groups in total. The Morgan fingerprint density at radius 2 is 2.27 bits per heavy atom. The molecule has 0 fully saturated rings. The zero-order valence-corrected chi connectivity index (χ0v) is 9.03. The number of nitrogens with one attached hydrogen (secondary N) is 1. The van der Waals surface area contributed by atoms with Crippen molar-refractivity contribution in [2.75, 3.05) is 18.8 Å². The fourth-order valence-corrected chi connectivity index (χ4v) is 1.71. The highest BCUT2D eigenvalue weighted by Crippen LogP contribution is 2.29. The first-order chi connectivity index (χ1) is 7.08. The van der Waals surface area contributed by atoms with Gasteiger partial charge in [-0.3, -0.25) is 0 Å². The van der Waals surface area contributed by atoms with Crippen molar-refractivity contribution in [2.24, 2.45) is 0 Å². The van der Waals surface area contributed by atoms with Crippen molar-refractivity contribution in [3.63, 3.8) is 0 Å². The molecule has 0 aliphatic carbocycles. The predicted molar refractivity (Wildman–Crippen MR) is 54.6 cm³/mol.